The van der Waals surface area contributed by atoms with Crippen LogP contribution in [0.5, 0.6) is 0 Å². The molecule has 0 aromatic carbocycles. The minimum atomic E-state index is 0.271. The van der Waals surface area contributed by atoms with Crippen molar-refractivity contribution < 1.29 is 0 Å². The van der Waals surface area contributed by atoms with Crippen molar-refractivity contribution in [3.05, 3.63) is 12.2 Å². The maximum absolute atomic E-state index is 4.08. The largest absolute Gasteiger partial charge is 0.0996 e. The van der Waals surface area contributed by atoms with Crippen LogP contribution in [0.1, 0.15) is 54.9 Å². The van der Waals surface area contributed by atoms with Gasteiger partial charge in [-0.25, -0.2) is 0 Å². The molecule has 0 aromatic heterocycles. The molecular weight excluding hydrogens is 156 g/mol. The van der Waals surface area contributed by atoms with Gasteiger partial charge in [0.05, 0.1) is 0 Å². The zero-order valence-electron chi connectivity index (χ0n) is 10.5. The van der Waals surface area contributed by atoms with Crippen LogP contribution in [0.2, 0.25) is 0 Å². The second kappa shape index (κ2) is 3.86. The molecule has 0 fully saturated rings. The molecule has 0 aromatic rings. The zero-order valence-corrected chi connectivity index (χ0v) is 10.5. The summed E-state index contributed by atoms with van der Waals surface area (Å²) in [6.07, 6.45) is 1.26. The van der Waals surface area contributed by atoms with Crippen LogP contribution in [0.15, 0.2) is 12.2 Å². The second-order valence-corrected chi connectivity index (χ2v) is 6.17. The van der Waals surface area contributed by atoms with Crippen molar-refractivity contribution in [1.82, 2.24) is 0 Å². The fourth-order valence-electron chi connectivity index (χ4n) is 1.59. The van der Waals surface area contributed by atoms with Crippen LogP contribution in [0.25, 0.3) is 0 Å². The van der Waals surface area contributed by atoms with E-state index in [4.69, 9.17) is 0 Å². The molecule has 0 heteroatoms. The Morgan fingerprint density at radius 2 is 1.54 bits per heavy atom. The van der Waals surface area contributed by atoms with Gasteiger partial charge in [0.15, 0.2) is 0 Å². The summed E-state index contributed by atoms with van der Waals surface area (Å²) in [6, 6.07) is 0. The summed E-state index contributed by atoms with van der Waals surface area (Å²) in [5.41, 5.74) is 1.99. The minimum Gasteiger partial charge on any atom is -0.0996 e. The van der Waals surface area contributed by atoms with Crippen molar-refractivity contribution in [2.24, 2.45) is 16.7 Å². The molecule has 1 atom stereocenters. The highest BCUT2D eigenvalue weighted by atomic mass is 14.3. The maximum atomic E-state index is 4.08. The molecule has 0 bridgehead atoms. The molecule has 0 nitrogen and oxygen atoms in total. The molecule has 78 valence electrons. The first-order chi connectivity index (χ1) is 5.57. The van der Waals surface area contributed by atoms with Crippen molar-refractivity contribution in [3.8, 4) is 0 Å². The van der Waals surface area contributed by atoms with Crippen LogP contribution < -0.4 is 0 Å². The van der Waals surface area contributed by atoms with E-state index in [1.165, 1.54) is 12.0 Å². The van der Waals surface area contributed by atoms with Crippen LogP contribution in [0, 0.1) is 16.7 Å². The van der Waals surface area contributed by atoms with E-state index in [9.17, 15) is 0 Å². The third kappa shape index (κ3) is 3.97. The Kier molecular flexibility index (Phi) is 3.78. The lowest BCUT2D eigenvalue weighted by Crippen LogP contribution is -2.26. The summed E-state index contributed by atoms with van der Waals surface area (Å²) < 4.78 is 0. The molecule has 0 aliphatic rings. The molecule has 0 spiro atoms. The molecule has 0 aliphatic heterocycles. The molecular formula is C13H26. The highest BCUT2D eigenvalue weighted by molar-refractivity contribution is 5.05. The summed E-state index contributed by atoms with van der Waals surface area (Å²) in [5.74, 6) is 0.699. The van der Waals surface area contributed by atoms with E-state index in [0.717, 1.165) is 0 Å². The van der Waals surface area contributed by atoms with Gasteiger partial charge >= 0.3 is 0 Å². The van der Waals surface area contributed by atoms with E-state index >= 15 is 0 Å². The monoisotopic (exact) mass is 182 g/mol. The average Bonchev–Trinajstić information content (AvgIpc) is 1.82. The lowest BCUT2D eigenvalue weighted by atomic mass is 9.69. The van der Waals surface area contributed by atoms with E-state index in [1.54, 1.807) is 0 Å². The van der Waals surface area contributed by atoms with Gasteiger partial charge in [0.2, 0.25) is 0 Å². The van der Waals surface area contributed by atoms with Gasteiger partial charge in [0, 0.05) is 0 Å². The molecule has 0 rings (SSSR count). The Morgan fingerprint density at radius 1 is 1.15 bits per heavy atom. The van der Waals surface area contributed by atoms with Gasteiger partial charge in [-0.1, -0.05) is 53.7 Å². The summed E-state index contributed by atoms with van der Waals surface area (Å²) in [5, 5.41) is 0. The van der Waals surface area contributed by atoms with E-state index < -0.39 is 0 Å². The highest BCUT2D eigenvalue weighted by Gasteiger charge is 2.29. The van der Waals surface area contributed by atoms with Gasteiger partial charge in [0.25, 0.3) is 0 Å². The summed E-state index contributed by atoms with van der Waals surface area (Å²) in [6.45, 7) is 20.1. The van der Waals surface area contributed by atoms with Crippen LogP contribution in [-0.4, -0.2) is 0 Å². The number of rotatable bonds is 3. The number of allylic oxidation sites excluding steroid dienone is 1. The molecule has 0 aliphatic carbocycles. The first kappa shape index (κ1) is 12.7. The predicted molar refractivity (Wildman–Crippen MR) is 61.8 cm³/mol. The first-order valence-corrected chi connectivity index (χ1v) is 5.23. The minimum absolute atomic E-state index is 0.271. The van der Waals surface area contributed by atoms with Crippen molar-refractivity contribution in [1.29, 1.82) is 0 Å². The SMILES string of the molecule is C=C(C)C(C)(C)C(C)CC(C)(C)C. The van der Waals surface area contributed by atoms with Gasteiger partial charge in [-0.15, -0.1) is 0 Å². The van der Waals surface area contributed by atoms with Crippen LogP contribution in [-0.2, 0) is 0 Å². The van der Waals surface area contributed by atoms with E-state index in [2.05, 4.69) is 55.0 Å². The summed E-state index contributed by atoms with van der Waals surface area (Å²) in [4.78, 5) is 0. The number of hydrogen-bond acceptors (Lipinski definition) is 0. The molecule has 0 heterocycles. The fourth-order valence-corrected chi connectivity index (χ4v) is 1.59. The zero-order chi connectivity index (χ0) is 10.9. The molecule has 0 amide bonds. The van der Waals surface area contributed by atoms with Crippen LogP contribution in [0.3, 0.4) is 0 Å². The molecule has 0 saturated carbocycles. The molecule has 1 unspecified atom stereocenters. The maximum Gasteiger partial charge on any atom is -0.0124 e. The third-order valence-electron chi connectivity index (χ3n) is 3.25. The normalized spacial score (nSPS) is 15.6. The van der Waals surface area contributed by atoms with Crippen LogP contribution in [0.4, 0.5) is 0 Å². The van der Waals surface area contributed by atoms with E-state index in [0.29, 0.717) is 11.3 Å². The summed E-state index contributed by atoms with van der Waals surface area (Å²) >= 11 is 0. The van der Waals surface area contributed by atoms with Gasteiger partial charge in [-0.05, 0) is 30.1 Å². The lowest BCUT2D eigenvalue weighted by Gasteiger charge is -2.36. The van der Waals surface area contributed by atoms with Crippen LogP contribution >= 0.6 is 0 Å². The molecule has 13 heavy (non-hydrogen) atoms. The molecule has 0 N–H and O–H groups in total. The van der Waals surface area contributed by atoms with E-state index in [-0.39, 0.29) is 5.41 Å². The average molecular weight is 182 g/mol. The van der Waals surface area contributed by atoms with Crippen molar-refractivity contribution >= 4 is 0 Å². The third-order valence-corrected chi connectivity index (χ3v) is 3.25. The van der Waals surface area contributed by atoms with Crippen molar-refractivity contribution in [3.63, 3.8) is 0 Å². The smallest absolute Gasteiger partial charge is 0.0124 e. The summed E-state index contributed by atoms with van der Waals surface area (Å²) in [7, 11) is 0. The predicted octanol–water partition coefficient (Wildman–Crippen LogP) is 4.66. The Bertz CT molecular complexity index is 179. The fraction of sp³-hybridized carbons (Fsp3) is 0.846. The van der Waals surface area contributed by atoms with Gasteiger partial charge in [-0.3, -0.25) is 0 Å². The number of hydrogen-bond donors (Lipinski definition) is 0. The van der Waals surface area contributed by atoms with Crippen molar-refractivity contribution in [2.45, 2.75) is 54.9 Å². The topological polar surface area (TPSA) is 0 Å². The quantitative estimate of drug-likeness (QED) is 0.557. The Hall–Kier alpha value is -0.260. The molecule has 0 radical (unpaired) electrons. The molecule has 0 saturated heterocycles. The van der Waals surface area contributed by atoms with E-state index in [1.807, 2.05) is 0 Å². The van der Waals surface area contributed by atoms with Crippen molar-refractivity contribution in [2.75, 3.05) is 0 Å². The first-order valence-electron chi connectivity index (χ1n) is 5.23. The highest BCUT2D eigenvalue weighted by Crippen LogP contribution is 2.39. The van der Waals surface area contributed by atoms with Gasteiger partial charge in [0.1, 0.15) is 0 Å². The van der Waals surface area contributed by atoms with Gasteiger partial charge < -0.3 is 0 Å². The van der Waals surface area contributed by atoms with Gasteiger partial charge in [-0.2, -0.15) is 0 Å². The second-order valence-electron chi connectivity index (χ2n) is 6.17. The Balaban J connectivity index is 4.43. The standard InChI is InChI=1S/C13H26/c1-10(2)13(7,8)11(3)9-12(4,5)6/h11H,1,9H2,2-8H3. The Morgan fingerprint density at radius 3 is 1.77 bits per heavy atom. The Labute approximate surface area is 84.4 Å². The lowest BCUT2D eigenvalue weighted by molar-refractivity contribution is 0.198.